The van der Waals surface area contributed by atoms with Gasteiger partial charge in [0.15, 0.2) is 9.84 Å². The van der Waals surface area contributed by atoms with Gasteiger partial charge in [-0.15, -0.1) is 0 Å². The van der Waals surface area contributed by atoms with Gasteiger partial charge in [0, 0.05) is 11.5 Å². The number of rotatable bonds is 5. The van der Waals surface area contributed by atoms with Gasteiger partial charge in [-0.3, -0.25) is 0 Å². The summed E-state index contributed by atoms with van der Waals surface area (Å²) >= 11 is 6.23. The molecule has 2 nitrogen and oxygen atoms in total. The molecule has 0 rings (SSSR count). The maximum absolute atomic E-state index is 11.2. The van der Waals surface area contributed by atoms with Gasteiger partial charge in [-0.25, -0.2) is 8.42 Å². The zero-order valence-electron chi connectivity index (χ0n) is 5.79. The summed E-state index contributed by atoms with van der Waals surface area (Å²) in [5.74, 6) is 0.760. The minimum atomic E-state index is -2.91. The molecule has 0 aromatic heterocycles. The molecule has 1 unspecified atom stereocenters. The fourth-order valence-electron chi connectivity index (χ4n) is 0.422. The molecule has 0 aliphatic carbocycles. The zero-order chi connectivity index (χ0) is 8.91. The summed E-state index contributed by atoms with van der Waals surface area (Å²) in [7, 11) is -0.348. The van der Waals surface area contributed by atoms with Crippen LogP contribution in [0.15, 0.2) is 0 Å². The first kappa shape index (κ1) is 12.6. The van der Waals surface area contributed by atoms with Crippen LogP contribution in [-0.4, -0.2) is 24.5 Å². The first-order valence-corrected chi connectivity index (χ1v) is 10.1. The van der Waals surface area contributed by atoms with Crippen molar-refractivity contribution in [3.63, 3.8) is 0 Å². The fraction of sp³-hybridized carbons (Fsp3) is 1.00. The van der Waals surface area contributed by atoms with Crippen LogP contribution >= 0.6 is 50.0 Å². The highest BCUT2D eigenvalue weighted by Gasteiger charge is 2.22. The van der Waals surface area contributed by atoms with Crippen LogP contribution in [0.1, 0.15) is 6.92 Å². The van der Waals surface area contributed by atoms with E-state index in [4.69, 9.17) is 0 Å². The van der Waals surface area contributed by atoms with Crippen molar-refractivity contribution >= 4 is 59.9 Å². The minimum absolute atomic E-state index is 0.198. The van der Waals surface area contributed by atoms with Gasteiger partial charge in [0.2, 0.25) is 0 Å². The first-order valence-electron chi connectivity index (χ1n) is 2.81. The summed E-state index contributed by atoms with van der Waals surface area (Å²) in [6.45, 7) is 1.66. The van der Waals surface area contributed by atoms with E-state index in [1.165, 1.54) is 20.4 Å². The summed E-state index contributed by atoms with van der Waals surface area (Å²) in [5.41, 5.74) is 0. The molecule has 0 N–H and O–H groups in total. The molecule has 68 valence electrons. The second-order valence-corrected chi connectivity index (χ2v) is 8.31. The van der Waals surface area contributed by atoms with E-state index in [2.05, 4.69) is 29.6 Å². The van der Waals surface area contributed by atoms with Crippen molar-refractivity contribution in [1.82, 2.24) is 0 Å². The Morgan fingerprint density at radius 3 is 2.27 bits per heavy atom. The molecular formula is C4H8Br2O2S3. The van der Waals surface area contributed by atoms with E-state index in [9.17, 15) is 8.42 Å². The zero-order valence-corrected chi connectivity index (χ0v) is 11.4. The molecule has 7 heteroatoms. The van der Waals surface area contributed by atoms with Crippen LogP contribution in [0.4, 0.5) is 0 Å². The summed E-state index contributed by atoms with van der Waals surface area (Å²) in [6, 6.07) is 0. The molecule has 0 fully saturated rings. The van der Waals surface area contributed by atoms with Crippen LogP contribution in [0.5, 0.6) is 0 Å². The lowest BCUT2D eigenvalue weighted by molar-refractivity contribution is 0.596. The molecule has 0 spiro atoms. The highest BCUT2D eigenvalue weighted by Crippen LogP contribution is 2.29. The molecule has 0 aromatic rings. The van der Waals surface area contributed by atoms with Crippen LogP contribution in [0.3, 0.4) is 0 Å². The Morgan fingerprint density at radius 2 is 2.00 bits per heavy atom. The Bertz CT molecular complexity index is 192. The molecule has 0 aliphatic rings. The van der Waals surface area contributed by atoms with Gasteiger partial charge in [-0.2, -0.15) is 0 Å². The molecule has 11 heavy (non-hydrogen) atoms. The van der Waals surface area contributed by atoms with Crippen molar-refractivity contribution < 1.29 is 8.42 Å². The Hall–Kier alpha value is 1.61. The van der Waals surface area contributed by atoms with Crippen molar-refractivity contribution in [2.75, 3.05) is 11.5 Å². The second kappa shape index (κ2) is 6.12. The van der Waals surface area contributed by atoms with Crippen molar-refractivity contribution in [3.05, 3.63) is 0 Å². The molecule has 0 aromatic carbocycles. The predicted octanol–water partition coefficient (Wildman–Crippen LogP) is 2.83. The average molecular weight is 344 g/mol. The number of halogens is 2. The van der Waals surface area contributed by atoms with Gasteiger partial charge in [0.1, 0.15) is 4.58 Å². The van der Waals surface area contributed by atoms with Crippen molar-refractivity contribution in [1.29, 1.82) is 0 Å². The second-order valence-electron chi connectivity index (χ2n) is 1.75. The van der Waals surface area contributed by atoms with Gasteiger partial charge in [0.05, 0.1) is 0 Å². The number of sulfone groups is 1. The van der Waals surface area contributed by atoms with Gasteiger partial charge >= 0.3 is 0 Å². The Morgan fingerprint density at radius 1 is 1.45 bits per heavy atom. The van der Waals surface area contributed by atoms with E-state index in [-0.39, 0.29) is 10.3 Å². The third kappa shape index (κ3) is 4.40. The number of hydrogen-bond donors (Lipinski definition) is 0. The van der Waals surface area contributed by atoms with E-state index in [1.807, 2.05) is 0 Å². The summed E-state index contributed by atoms with van der Waals surface area (Å²) in [5, 5.41) is 0. The molecular weight excluding hydrogens is 336 g/mol. The summed E-state index contributed by atoms with van der Waals surface area (Å²) < 4.78 is 22.1. The van der Waals surface area contributed by atoms with E-state index < -0.39 is 9.84 Å². The predicted molar refractivity (Wildman–Crippen MR) is 61.2 cm³/mol. The quantitative estimate of drug-likeness (QED) is 0.768. The molecule has 1 atom stereocenters. The standard InChI is InChI=1S/C4H8Br2O2S3/c1-2-11(7,8)4(10-6)3-9-5/h4H,2-3H2,1H3. The largest absolute Gasteiger partial charge is 0.228 e. The van der Waals surface area contributed by atoms with Crippen molar-refractivity contribution in [3.8, 4) is 0 Å². The minimum Gasteiger partial charge on any atom is -0.228 e. The molecule has 0 radical (unpaired) electrons. The number of hydrogen-bond acceptors (Lipinski definition) is 4. The van der Waals surface area contributed by atoms with Gasteiger partial charge in [0.25, 0.3) is 0 Å². The highest BCUT2D eigenvalue weighted by atomic mass is 79.9. The smallest absolute Gasteiger partial charge is 0.163 e. The summed E-state index contributed by atoms with van der Waals surface area (Å²) in [6.07, 6.45) is 0. The van der Waals surface area contributed by atoms with Crippen LogP contribution in [-0.2, 0) is 9.84 Å². The van der Waals surface area contributed by atoms with Crippen molar-refractivity contribution in [2.45, 2.75) is 11.5 Å². The first-order chi connectivity index (χ1) is 5.08. The average Bonchev–Trinajstić information content (AvgIpc) is 2.00. The molecule has 0 aliphatic heterocycles. The van der Waals surface area contributed by atoms with E-state index >= 15 is 0 Å². The van der Waals surface area contributed by atoms with E-state index in [0.29, 0.717) is 5.75 Å². The third-order valence-corrected chi connectivity index (χ3v) is 8.18. The highest BCUT2D eigenvalue weighted by molar-refractivity contribution is 9.51. The molecule has 0 bridgehead atoms. The molecule has 0 amide bonds. The molecule has 0 saturated carbocycles. The van der Waals surface area contributed by atoms with Crippen LogP contribution in [0.25, 0.3) is 0 Å². The molecule has 0 heterocycles. The van der Waals surface area contributed by atoms with Crippen LogP contribution in [0.2, 0.25) is 0 Å². The Balaban J connectivity index is 4.25. The molecule has 0 saturated heterocycles. The topological polar surface area (TPSA) is 34.1 Å². The summed E-state index contributed by atoms with van der Waals surface area (Å²) in [4.78, 5) is 0. The van der Waals surface area contributed by atoms with E-state index in [1.54, 1.807) is 6.92 Å². The third-order valence-electron chi connectivity index (χ3n) is 1.10. The lowest BCUT2D eigenvalue weighted by Crippen LogP contribution is -2.20. The monoisotopic (exact) mass is 342 g/mol. The van der Waals surface area contributed by atoms with E-state index in [0.717, 1.165) is 0 Å². The lowest BCUT2D eigenvalue weighted by atomic mass is 10.9. The van der Waals surface area contributed by atoms with Crippen LogP contribution in [0, 0.1) is 0 Å². The Kier molecular flexibility index (Phi) is 7.02. The maximum Gasteiger partial charge on any atom is 0.163 e. The SMILES string of the molecule is CCS(=O)(=O)C(CSBr)SBr. The van der Waals surface area contributed by atoms with Gasteiger partial charge in [-0.05, 0) is 29.6 Å². The van der Waals surface area contributed by atoms with Gasteiger partial charge < -0.3 is 0 Å². The normalized spacial score (nSPS) is 14.8. The van der Waals surface area contributed by atoms with Crippen LogP contribution < -0.4 is 0 Å². The van der Waals surface area contributed by atoms with Crippen molar-refractivity contribution in [2.24, 2.45) is 0 Å². The maximum atomic E-state index is 11.2. The lowest BCUT2D eigenvalue weighted by Gasteiger charge is -2.09. The fourth-order valence-corrected chi connectivity index (χ4v) is 8.10. The van der Waals surface area contributed by atoms with Gasteiger partial charge in [-0.1, -0.05) is 27.3 Å². The Labute approximate surface area is 90.6 Å².